The zero-order valence-electron chi connectivity index (χ0n) is 8.72. The van der Waals surface area contributed by atoms with Gasteiger partial charge in [0, 0.05) is 0 Å². The molecule has 2 aliphatic rings. The Hall–Kier alpha value is 1.38. The molecule has 14 heavy (non-hydrogen) atoms. The first kappa shape index (κ1) is 11.9. The predicted molar refractivity (Wildman–Crippen MR) is 79.9 cm³/mol. The van der Waals surface area contributed by atoms with E-state index in [-0.39, 0.29) is 19.8 Å². The first-order valence-corrected chi connectivity index (χ1v) is 11.1. The van der Waals surface area contributed by atoms with Gasteiger partial charge in [-0.05, 0) is 0 Å². The van der Waals surface area contributed by atoms with Gasteiger partial charge in [-0.2, -0.15) is 0 Å². The molecule has 2 rings (SSSR count). The Labute approximate surface area is 109 Å². The minimum absolute atomic E-state index is 0.390. The molecule has 0 amide bonds. The van der Waals surface area contributed by atoms with E-state index in [4.69, 9.17) is 0 Å². The number of piperazine rings is 1. The average Bonchev–Trinajstić information content (AvgIpc) is 2.70. The van der Waals surface area contributed by atoms with Crippen LogP contribution in [-0.2, 0) is 0 Å². The van der Waals surface area contributed by atoms with E-state index in [1.807, 2.05) is 0 Å². The van der Waals surface area contributed by atoms with Crippen molar-refractivity contribution in [3.8, 4) is 0 Å². The maximum atomic E-state index is 2.69. The zero-order chi connectivity index (χ0) is 9.80. The van der Waals surface area contributed by atoms with Crippen LogP contribution in [0.4, 0.5) is 0 Å². The molecule has 4 heteroatoms. The molecule has 2 aliphatic heterocycles. The van der Waals surface area contributed by atoms with Crippen LogP contribution in [0.2, 0.25) is 0 Å². The van der Waals surface area contributed by atoms with E-state index >= 15 is 0 Å². The van der Waals surface area contributed by atoms with Crippen LogP contribution in [-0.4, -0.2) is 54.0 Å². The molecule has 84 valence electrons. The van der Waals surface area contributed by atoms with Gasteiger partial charge in [-0.1, -0.05) is 0 Å². The summed E-state index contributed by atoms with van der Waals surface area (Å²) in [5, 5.41) is 0. The Morgan fingerprint density at radius 2 is 1.64 bits per heavy atom. The Kier molecular flexibility index (Phi) is 5.25. The van der Waals surface area contributed by atoms with E-state index < -0.39 is 0 Å². The summed E-state index contributed by atoms with van der Waals surface area (Å²) in [5.74, 6) is 0. The van der Waals surface area contributed by atoms with Gasteiger partial charge in [0.1, 0.15) is 0 Å². The Morgan fingerprint density at radius 1 is 1.00 bits per heavy atom. The van der Waals surface area contributed by atoms with E-state index in [1.54, 1.807) is 26.1 Å². The van der Waals surface area contributed by atoms with E-state index in [0.29, 0.717) is 0 Å². The van der Waals surface area contributed by atoms with Crippen molar-refractivity contribution in [2.24, 2.45) is 0 Å². The minimum atomic E-state index is -0.390. The normalized spacial score (nSPS) is 28.5. The first-order valence-electron chi connectivity index (χ1n) is 5.55. The van der Waals surface area contributed by atoms with E-state index in [9.17, 15) is 0 Å². The van der Waals surface area contributed by atoms with Crippen molar-refractivity contribution in [1.82, 2.24) is 8.01 Å². The summed E-state index contributed by atoms with van der Waals surface area (Å²) in [5.41, 5.74) is 0. The molecule has 0 spiro atoms. The van der Waals surface area contributed by atoms with Gasteiger partial charge in [0.2, 0.25) is 0 Å². The van der Waals surface area contributed by atoms with Crippen molar-refractivity contribution < 1.29 is 0 Å². The van der Waals surface area contributed by atoms with Gasteiger partial charge in [0.25, 0.3) is 0 Å². The van der Waals surface area contributed by atoms with Crippen LogP contribution < -0.4 is 0 Å². The Bertz CT molecular complexity index is 164. The number of alkyl halides is 3. The van der Waals surface area contributed by atoms with Crippen molar-refractivity contribution in [3.05, 3.63) is 0 Å². The standard InChI is InChI=1S/C10H20I2N2/c11-14-9-7-13(8-10-14)6-5-12-3-1-2-4-12/h1-10H2. The molecular weight excluding hydrogens is 402 g/mol. The second-order valence-electron chi connectivity index (χ2n) is 4.09. The van der Waals surface area contributed by atoms with Gasteiger partial charge in [-0.3, -0.25) is 0 Å². The molecule has 2 fully saturated rings. The van der Waals surface area contributed by atoms with Gasteiger partial charge < -0.3 is 0 Å². The summed E-state index contributed by atoms with van der Waals surface area (Å²) in [7, 11) is 0. The van der Waals surface area contributed by atoms with Crippen LogP contribution in [0.1, 0.15) is 12.8 Å². The summed E-state index contributed by atoms with van der Waals surface area (Å²) in [6.07, 6.45) is 3.12. The molecule has 0 aromatic rings. The molecule has 0 radical (unpaired) electrons. The molecule has 0 aliphatic carbocycles. The van der Waals surface area contributed by atoms with Crippen molar-refractivity contribution in [2.45, 2.75) is 12.8 Å². The van der Waals surface area contributed by atoms with E-state index in [0.717, 1.165) is 0 Å². The molecule has 2 saturated heterocycles. The fourth-order valence-electron chi connectivity index (χ4n) is 2.04. The number of hydrogen-bond donors (Lipinski definition) is 0. The third kappa shape index (κ3) is 3.75. The zero-order valence-corrected chi connectivity index (χ0v) is 13.0. The summed E-state index contributed by atoms with van der Waals surface area (Å²) in [4.78, 5) is 2.69. The van der Waals surface area contributed by atoms with Crippen LogP contribution in [0, 0.1) is 0 Å². The second-order valence-corrected chi connectivity index (χ2v) is 11.9. The average molecular weight is 422 g/mol. The molecule has 0 N–H and O–H groups in total. The molecule has 0 bridgehead atoms. The molecule has 0 atom stereocenters. The second kappa shape index (κ2) is 6.20. The molecule has 2 heterocycles. The Balaban J connectivity index is 1.60. The number of nitrogens with zero attached hydrogens (tertiary/aromatic N) is 2. The third-order valence-electron chi connectivity index (χ3n) is 3.04. The maximum absolute atomic E-state index is 2.69. The summed E-state index contributed by atoms with van der Waals surface area (Å²) in [6.45, 7) is 6.60. The van der Waals surface area contributed by atoms with Gasteiger partial charge in [-0.15, -0.1) is 0 Å². The van der Waals surface area contributed by atoms with Crippen molar-refractivity contribution >= 4 is 42.7 Å². The topological polar surface area (TPSA) is 6.48 Å². The number of halogens is 2. The van der Waals surface area contributed by atoms with E-state index in [2.05, 4.69) is 30.9 Å². The third-order valence-corrected chi connectivity index (χ3v) is 10.6. The molecule has 0 aromatic carbocycles. The van der Waals surface area contributed by atoms with Crippen molar-refractivity contribution in [2.75, 3.05) is 46.0 Å². The van der Waals surface area contributed by atoms with Crippen LogP contribution in [0.3, 0.4) is 0 Å². The summed E-state index contributed by atoms with van der Waals surface area (Å²) in [6, 6.07) is 0. The van der Waals surface area contributed by atoms with Crippen molar-refractivity contribution in [3.63, 3.8) is 0 Å². The monoisotopic (exact) mass is 422 g/mol. The van der Waals surface area contributed by atoms with Crippen LogP contribution >= 0.6 is 42.7 Å². The van der Waals surface area contributed by atoms with Crippen molar-refractivity contribution in [1.29, 1.82) is 0 Å². The van der Waals surface area contributed by atoms with Crippen LogP contribution in [0.5, 0.6) is 0 Å². The molecular formula is C10H20I2N2. The van der Waals surface area contributed by atoms with Crippen LogP contribution in [0.25, 0.3) is 0 Å². The molecule has 0 saturated carbocycles. The van der Waals surface area contributed by atoms with Gasteiger partial charge in [0.05, 0.1) is 0 Å². The molecule has 2 nitrogen and oxygen atoms in total. The van der Waals surface area contributed by atoms with Gasteiger partial charge in [0.15, 0.2) is 0 Å². The van der Waals surface area contributed by atoms with Gasteiger partial charge in [-0.25, -0.2) is 0 Å². The summed E-state index contributed by atoms with van der Waals surface area (Å²) >= 11 is 2.06. The fourth-order valence-corrected chi connectivity index (χ4v) is 8.69. The van der Waals surface area contributed by atoms with Gasteiger partial charge >= 0.3 is 110 Å². The number of rotatable bonds is 3. The quantitative estimate of drug-likeness (QED) is 0.392. The first-order chi connectivity index (χ1) is 6.84. The number of hydrogen-bond acceptors (Lipinski definition) is 2. The van der Waals surface area contributed by atoms with E-state index in [1.165, 1.54) is 32.7 Å². The SMILES string of the molecule is IN1CCN(CCI2CCCC2)CC1. The fraction of sp³-hybridized carbons (Fsp3) is 1.00. The van der Waals surface area contributed by atoms with Crippen LogP contribution in [0.15, 0.2) is 0 Å². The molecule has 0 aromatic heterocycles. The predicted octanol–water partition coefficient (Wildman–Crippen LogP) is 2.25. The summed E-state index contributed by atoms with van der Waals surface area (Å²) < 4.78 is 7.36. The Morgan fingerprint density at radius 3 is 2.29 bits per heavy atom. The molecule has 0 unspecified atom stereocenters.